The Hall–Kier alpha value is 0.959. The van der Waals surface area contributed by atoms with Gasteiger partial charge in [-0.1, -0.05) is 33.1 Å². The van der Waals surface area contributed by atoms with Crippen LogP contribution in [0.15, 0.2) is 0 Å². The molecule has 0 bridgehead atoms. The van der Waals surface area contributed by atoms with Crippen molar-refractivity contribution in [3.8, 4) is 0 Å². The summed E-state index contributed by atoms with van der Waals surface area (Å²) < 4.78 is 0. The van der Waals surface area contributed by atoms with Crippen molar-refractivity contribution in [3.63, 3.8) is 0 Å². The molecule has 0 atom stereocenters. The molecule has 0 aliphatic carbocycles. The summed E-state index contributed by atoms with van der Waals surface area (Å²) in [5.41, 5.74) is 0. The standard InChI is InChI=1S/C5H12.2Fe.2O/c1-3-5-4-2;;;;/h3-5H2,1-2H3;;;;/q;2*+2;2*-2. The molecule has 0 saturated carbocycles. The maximum Gasteiger partial charge on any atom is 2.00 e. The van der Waals surface area contributed by atoms with Gasteiger partial charge in [0.2, 0.25) is 0 Å². The van der Waals surface area contributed by atoms with E-state index in [2.05, 4.69) is 13.8 Å². The Bertz CT molecular complexity index is 20.4. The first kappa shape index (κ1) is 32.5. The molecule has 2 nitrogen and oxygen atoms in total. The summed E-state index contributed by atoms with van der Waals surface area (Å²) in [6.07, 6.45) is 4.08. The molecule has 0 radical (unpaired) electrons. The van der Waals surface area contributed by atoms with Gasteiger partial charge in [-0.15, -0.1) is 0 Å². The van der Waals surface area contributed by atoms with Gasteiger partial charge in [0, 0.05) is 0 Å². The van der Waals surface area contributed by atoms with Crippen LogP contribution in [0.25, 0.3) is 0 Å². The van der Waals surface area contributed by atoms with Crippen molar-refractivity contribution in [2.24, 2.45) is 0 Å². The van der Waals surface area contributed by atoms with E-state index in [4.69, 9.17) is 0 Å². The summed E-state index contributed by atoms with van der Waals surface area (Å²) >= 11 is 0. The van der Waals surface area contributed by atoms with E-state index in [-0.39, 0.29) is 45.1 Å². The summed E-state index contributed by atoms with van der Waals surface area (Å²) in [5.74, 6) is 0. The van der Waals surface area contributed by atoms with E-state index in [1.54, 1.807) is 0 Å². The van der Waals surface area contributed by atoms with Crippen LogP contribution < -0.4 is 0 Å². The van der Waals surface area contributed by atoms with Crippen molar-refractivity contribution in [2.75, 3.05) is 0 Å². The molecule has 0 N–H and O–H groups in total. The first-order chi connectivity index (χ1) is 2.41. The topological polar surface area (TPSA) is 57.0 Å². The SMILES string of the molecule is CCCCC.[Fe+2].[Fe+2].[O-2].[O-2]. The number of hydrogen-bond donors (Lipinski definition) is 0. The Morgan fingerprint density at radius 3 is 1.00 bits per heavy atom. The molecular formula is C5H12Fe2O2. The first-order valence-corrected chi connectivity index (χ1v) is 2.41. The molecule has 0 unspecified atom stereocenters. The minimum atomic E-state index is 0. The van der Waals surface area contributed by atoms with E-state index < -0.39 is 0 Å². The average molecular weight is 216 g/mol. The summed E-state index contributed by atoms with van der Waals surface area (Å²) in [5, 5.41) is 0. The van der Waals surface area contributed by atoms with Gasteiger partial charge in [-0.25, -0.2) is 0 Å². The van der Waals surface area contributed by atoms with E-state index in [1.807, 2.05) is 0 Å². The van der Waals surface area contributed by atoms with Crippen LogP contribution >= 0.6 is 0 Å². The summed E-state index contributed by atoms with van der Waals surface area (Å²) in [4.78, 5) is 0. The van der Waals surface area contributed by atoms with Gasteiger partial charge in [-0.3, -0.25) is 0 Å². The Morgan fingerprint density at radius 2 is 1.00 bits per heavy atom. The van der Waals surface area contributed by atoms with Crippen molar-refractivity contribution < 1.29 is 45.1 Å². The molecule has 0 spiro atoms. The first-order valence-electron chi connectivity index (χ1n) is 2.41. The third-order valence-electron chi connectivity index (χ3n) is 0.707. The number of unbranched alkanes of at least 4 members (excludes halogenated alkanes) is 2. The maximum atomic E-state index is 2.21. The predicted molar refractivity (Wildman–Crippen MR) is 26.6 cm³/mol. The van der Waals surface area contributed by atoms with E-state index >= 15 is 0 Å². The predicted octanol–water partition coefficient (Wildman–Crippen LogP) is 1.95. The maximum absolute atomic E-state index is 2.21. The molecule has 9 heavy (non-hydrogen) atoms. The van der Waals surface area contributed by atoms with Gasteiger partial charge in [0.15, 0.2) is 0 Å². The van der Waals surface area contributed by atoms with Crippen LogP contribution in [0.4, 0.5) is 0 Å². The molecule has 0 aliphatic heterocycles. The van der Waals surface area contributed by atoms with E-state index in [0.717, 1.165) is 0 Å². The molecule has 0 saturated heterocycles. The fourth-order valence-electron chi connectivity index (χ4n) is 0.354. The van der Waals surface area contributed by atoms with E-state index in [9.17, 15) is 0 Å². The van der Waals surface area contributed by atoms with Crippen LogP contribution in [-0.4, -0.2) is 0 Å². The third-order valence-corrected chi connectivity index (χ3v) is 0.707. The van der Waals surface area contributed by atoms with Crippen LogP contribution in [-0.2, 0) is 45.1 Å². The minimum Gasteiger partial charge on any atom is -2.00 e. The Balaban J connectivity index is -0.0000000133. The smallest absolute Gasteiger partial charge is 2.00 e. The Kier molecular flexibility index (Phi) is 131. The zero-order chi connectivity index (χ0) is 4.12. The zero-order valence-electron chi connectivity index (χ0n) is 5.64. The molecule has 0 amide bonds. The second kappa shape index (κ2) is 36.2. The van der Waals surface area contributed by atoms with E-state index in [1.165, 1.54) is 19.3 Å². The largest absolute Gasteiger partial charge is 2.00 e. The molecule has 60 valence electrons. The minimum absolute atomic E-state index is 0. The van der Waals surface area contributed by atoms with Gasteiger partial charge in [0.25, 0.3) is 0 Å². The summed E-state index contributed by atoms with van der Waals surface area (Å²) in [7, 11) is 0. The Morgan fingerprint density at radius 1 is 0.778 bits per heavy atom. The summed E-state index contributed by atoms with van der Waals surface area (Å²) in [6, 6.07) is 0. The fraction of sp³-hybridized carbons (Fsp3) is 1.00. The third kappa shape index (κ3) is 49.6. The monoisotopic (exact) mass is 216 g/mol. The molecule has 0 aromatic heterocycles. The zero-order valence-corrected chi connectivity index (χ0v) is 7.85. The molecule has 4 heteroatoms. The normalized spacial score (nSPS) is 4.67. The molecule has 0 aliphatic rings. The van der Waals surface area contributed by atoms with Gasteiger partial charge in [0.05, 0.1) is 0 Å². The van der Waals surface area contributed by atoms with Crippen LogP contribution in [0.1, 0.15) is 33.1 Å². The number of rotatable bonds is 2. The van der Waals surface area contributed by atoms with Crippen molar-refractivity contribution in [1.82, 2.24) is 0 Å². The van der Waals surface area contributed by atoms with Crippen molar-refractivity contribution in [2.45, 2.75) is 33.1 Å². The van der Waals surface area contributed by atoms with Crippen LogP contribution in [0.3, 0.4) is 0 Å². The average Bonchev–Trinajstić information content (AvgIpc) is 1.41. The van der Waals surface area contributed by atoms with Crippen molar-refractivity contribution in [3.05, 3.63) is 0 Å². The fourth-order valence-corrected chi connectivity index (χ4v) is 0.354. The van der Waals surface area contributed by atoms with Crippen LogP contribution in [0.2, 0.25) is 0 Å². The van der Waals surface area contributed by atoms with E-state index in [0.29, 0.717) is 0 Å². The molecule has 0 aromatic carbocycles. The van der Waals surface area contributed by atoms with Gasteiger partial charge < -0.3 is 11.0 Å². The van der Waals surface area contributed by atoms with Crippen molar-refractivity contribution >= 4 is 0 Å². The molecule has 0 rings (SSSR count). The van der Waals surface area contributed by atoms with Crippen molar-refractivity contribution in [1.29, 1.82) is 0 Å². The van der Waals surface area contributed by atoms with Gasteiger partial charge in [-0.2, -0.15) is 0 Å². The van der Waals surface area contributed by atoms with Gasteiger partial charge in [0.1, 0.15) is 0 Å². The molecule has 0 heterocycles. The van der Waals surface area contributed by atoms with Crippen LogP contribution in [0, 0.1) is 0 Å². The van der Waals surface area contributed by atoms with Gasteiger partial charge >= 0.3 is 34.1 Å². The molecule has 0 fully saturated rings. The Labute approximate surface area is 78.4 Å². The van der Waals surface area contributed by atoms with Gasteiger partial charge in [-0.05, 0) is 0 Å². The number of hydrogen-bond acceptors (Lipinski definition) is 0. The second-order valence-electron chi connectivity index (χ2n) is 1.35. The quantitative estimate of drug-likeness (QED) is 0.633. The second-order valence-corrected chi connectivity index (χ2v) is 1.35. The molecule has 0 aromatic rings. The molecular weight excluding hydrogens is 204 g/mol. The van der Waals surface area contributed by atoms with Crippen LogP contribution in [0.5, 0.6) is 0 Å². The summed E-state index contributed by atoms with van der Waals surface area (Å²) in [6.45, 7) is 4.42.